The van der Waals surface area contributed by atoms with Crippen LogP contribution in [0.15, 0.2) is 47.6 Å². The van der Waals surface area contributed by atoms with Crippen LogP contribution in [0.5, 0.6) is 17.2 Å². The van der Waals surface area contributed by atoms with Crippen LogP contribution in [-0.2, 0) is 14.4 Å². The van der Waals surface area contributed by atoms with E-state index in [0.717, 1.165) is 0 Å². The molecule has 0 saturated heterocycles. The van der Waals surface area contributed by atoms with Gasteiger partial charge in [0.1, 0.15) is 5.75 Å². The second-order valence-corrected chi connectivity index (χ2v) is 5.94. The van der Waals surface area contributed by atoms with Gasteiger partial charge in [0.05, 0.1) is 19.9 Å². The van der Waals surface area contributed by atoms with Crippen molar-refractivity contribution >= 4 is 29.1 Å². The van der Waals surface area contributed by atoms with Crippen molar-refractivity contribution in [2.75, 3.05) is 26.1 Å². The third kappa shape index (κ3) is 6.23. The van der Waals surface area contributed by atoms with E-state index in [4.69, 9.17) is 19.9 Å². The summed E-state index contributed by atoms with van der Waals surface area (Å²) in [5.41, 5.74) is 8.72. The first-order valence-electron chi connectivity index (χ1n) is 8.73. The number of nitrogens with two attached hydrogens (primary N) is 1. The fourth-order valence-corrected chi connectivity index (χ4v) is 2.27. The molecule has 0 bridgehead atoms. The number of hydrogen-bond donors (Lipinski definition) is 3. The number of carbonyl (C=O) groups excluding carboxylic acids is 3. The summed E-state index contributed by atoms with van der Waals surface area (Å²) < 4.78 is 15.5. The van der Waals surface area contributed by atoms with Crippen LogP contribution in [0.25, 0.3) is 0 Å². The van der Waals surface area contributed by atoms with Gasteiger partial charge in [-0.1, -0.05) is 0 Å². The molecule has 0 saturated carbocycles. The number of nitrogens with zero attached hydrogens (tertiary/aromatic N) is 1. The van der Waals surface area contributed by atoms with E-state index in [1.165, 1.54) is 14.2 Å². The van der Waals surface area contributed by atoms with E-state index in [9.17, 15) is 14.4 Å². The number of hydrogen-bond acceptors (Lipinski definition) is 7. The largest absolute Gasteiger partial charge is 0.497 e. The molecule has 0 spiro atoms. The molecule has 0 radical (unpaired) electrons. The Kier molecular flexibility index (Phi) is 7.74. The van der Waals surface area contributed by atoms with Crippen molar-refractivity contribution in [1.29, 1.82) is 0 Å². The third-order valence-corrected chi connectivity index (χ3v) is 3.83. The first-order chi connectivity index (χ1) is 14.3. The summed E-state index contributed by atoms with van der Waals surface area (Å²) in [7, 11) is 2.96. The van der Waals surface area contributed by atoms with Gasteiger partial charge in [-0.2, -0.15) is 5.10 Å². The lowest BCUT2D eigenvalue weighted by Crippen LogP contribution is -2.32. The molecule has 2 rings (SSSR count). The Balaban J connectivity index is 2.01. The van der Waals surface area contributed by atoms with Gasteiger partial charge in [0.25, 0.3) is 5.91 Å². The van der Waals surface area contributed by atoms with Crippen molar-refractivity contribution in [3.05, 3.63) is 48.0 Å². The van der Waals surface area contributed by atoms with Gasteiger partial charge in [-0.15, -0.1) is 0 Å². The molecule has 10 heteroatoms. The summed E-state index contributed by atoms with van der Waals surface area (Å²) in [4.78, 5) is 34.8. The Labute approximate surface area is 173 Å². The minimum atomic E-state index is -0.932. The van der Waals surface area contributed by atoms with Crippen molar-refractivity contribution in [1.82, 2.24) is 5.43 Å². The highest BCUT2D eigenvalue weighted by Crippen LogP contribution is 2.28. The molecular formula is C20H22N4O6. The standard InChI is InChI=1S/C20H22N4O6/c1-12(13-4-9-16(17(10-13)29-3)30-11-18(21)25)23-24-20(27)19(26)22-14-5-7-15(28-2)8-6-14/h4-10H,11H2,1-3H3,(H2,21,25)(H,22,26)(H,24,27)/b23-12+. The van der Waals surface area contributed by atoms with Crippen LogP contribution in [0.4, 0.5) is 5.69 Å². The zero-order chi connectivity index (χ0) is 22.1. The lowest BCUT2D eigenvalue weighted by Gasteiger charge is -2.11. The predicted octanol–water partition coefficient (Wildman–Crippen LogP) is 1.05. The van der Waals surface area contributed by atoms with Crippen LogP contribution in [0.2, 0.25) is 0 Å². The number of benzene rings is 2. The minimum Gasteiger partial charge on any atom is -0.497 e. The second-order valence-electron chi connectivity index (χ2n) is 5.94. The molecule has 0 aliphatic heterocycles. The molecule has 30 heavy (non-hydrogen) atoms. The molecule has 2 aromatic carbocycles. The summed E-state index contributed by atoms with van der Waals surface area (Å²) in [6, 6.07) is 11.4. The molecule has 0 aliphatic carbocycles. The van der Waals surface area contributed by atoms with Crippen molar-refractivity contribution in [3.63, 3.8) is 0 Å². The number of carbonyl (C=O) groups is 3. The molecule has 0 aliphatic rings. The Morgan fingerprint density at radius 2 is 1.67 bits per heavy atom. The summed E-state index contributed by atoms with van der Waals surface area (Å²) in [5.74, 6) is -1.11. The summed E-state index contributed by atoms with van der Waals surface area (Å²) >= 11 is 0. The van der Waals surface area contributed by atoms with Crippen LogP contribution in [0.1, 0.15) is 12.5 Å². The fraction of sp³-hybridized carbons (Fsp3) is 0.200. The molecule has 0 unspecified atom stereocenters. The number of primary amides is 1. The first kappa shape index (κ1) is 22.2. The number of rotatable bonds is 8. The minimum absolute atomic E-state index is 0.290. The van der Waals surface area contributed by atoms with E-state index in [1.807, 2.05) is 0 Å². The number of methoxy groups -OCH3 is 2. The number of anilines is 1. The van der Waals surface area contributed by atoms with E-state index in [2.05, 4.69) is 15.8 Å². The van der Waals surface area contributed by atoms with Crippen LogP contribution in [0, 0.1) is 0 Å². The van der Waals surface area contributed by atoms with Crippen LogP contribution < -0.4 is 30.7 Å². The molecule has 4 N–H and O–H groups in total. The van der Waals surface area contributed by atoms with Crippen LogP contribution >= 0.6 is 0 Å². The van der Waals surface area contributed by atoms with E-state index in [0.29, 0.717) is 34.2 Å². The molecule has 10 nitrogen and oxygen atoms in total. The molecule has 2 aromatic rings. The highest BCUT2D eigenvalue weighted by molar-refractivity contribution is 6.39. The van der Waals surface area contributed by atoms with E-state index >= 15 is 0 Å². The normalized spacial score (nSPS) is 10.7. The second kappa shape index (κ2) is 10.5. The van der Waals surface area contributed by atoms with Crippen molar-refractivity contribution in [2.45, 2.75) is 6.92 Å². The lowest BCUT2D eigenvalue weighted by atomic mass is 10.1. The zero-order valence-electron chi connectivity index (χ0n) is 16.7. The Hall–Kier alpha value is -4.08. The number of amides is 3. The molecule has 0 fully saturated rings. The van der Waals surface area contributed by atoms with Gasteiger partial charge in [-0.05, 0) is 49.4 Å². The maximum atomic E-state index is 12.0. The van der Waals surface area contributed by atoms with E-state index in [-0.39, 0.29) is 6.61 Å². The molecule has 0 aromatic heterocycles. The summed E-state index contributed by atoms with van der Waals surface area (Å²) in [6.07, 6.45) is 0. The van der Waals surface area contributed by atoms with Gasteiger partial charge in [-0.25, -0.2) is 5.43 Å². The average Bonchev–Trinajstić information content (AvgIpc) is 2.75. The Morgan fingerprint density at radius 1 is 0.967 bits per heavy atom. The lowest BCUT2D eigenvalue weighted by molar-refractivity contribution is -0.136. The van der Waals surface area contributed by atoms with Crippen LogP contribution in [0.3, 0.4) is 0 Å². The quantitative estimate of drug-likeness (QED) is 0.335. The average molecular weight is 414 g/mol. The van der Waals surface area contributed by atoms with Crippen molar-refractivity contribution in [2.24, 2.45) is 10.8 Å². The first-order valence-corrected chi connectivity index (χ1v) is 8.73. The molecule has 0 atom stereocenters. The van der Waals surface area contributed by atoms with Crippen molar-refractivity contribution in [3.8, 4) is 17.2 Å². The van der Waals surface area contributed by atoms with Gasteiger partial charge in [0.15, 0.2) is 18.1 Å². The van der Waals surface area contributed by atoms with Crippen LogP contribution in [-0.4, -0.2) is 44.3 Å². The smallest absolute Gasteiger partial charge is 0.329 e. The SMILES string of the molecule is COc1ccc(NC(=O)C(=O)N/N=C(\C)c2ccc(OCC(N)=O)c(OC)c2)cc1. The highest BCUT2D eigenvalue weighted by Gasteiger charge is 2.14. The maximum absolute atomic E-state index is 12.0. The fourth-order valence-electron chi connectivity index (χ4n) is 2.27. The van der Waals surface area contributed by atoms with E-state index in [1.54, 1.807) is 49.4 Å². The molecule has 3 amide bonds. The highest BCUT2D eigenvalue weighted by atomic mass is 16.5. The maximum Gasteiger partial charge on any atom is 0.329 e. The van der Waals surface area contributed by atoms with E-state index < -0.39 is 17.7 Å². The monoisotopic (exact) mass is 414 g/mol. The third-order valence-electron chi connectivity index (χ3n) is 3.83. The van der Waals surface area contributed by atoms with Gasteiger partial charge in [0, 0.05) is 11.3 Å². The van der Waals surface area contributed by atoms with Gasteiger partial charge in [0.2, 0.25) is 0 Å². The van der Waals surface area contributed by atoms with Gasteiger partial charge < -0.3 is 25.3 Å². The topological polar surface area (TPSA) is 141 Å². The predicted molar refractivity (Wildman–Crippen MR) is 110 cm³/mol. The zero-order valence-corrected chi connectivity index (χ0v) is 16.7. The molecular weight excluding hydrogens is 392 g/mol. The number of hydrazone groups is 1. The Morgan fingerprint density at radius 3 is 2.27 bits per heavy atom. The van der Waals surface area contributed by atoms with Crippen molar-refractivity contribution < 1.29 is 28.6 Å². The molecule has 158 valence electrons. The summed E-state index contributed by atoms with van der Waals surface area (Å²) in [5, 5.41) is 6.38. The number of ether oxygens (including phenoxy) is 3. The molecule has 0 heterocycles. The van der Waals surface area contributed by atoms with Gasteiger partial charge in [-0.3, -0.25) is 14.4 Å². The number of nitrogens with one attached hydrogen (secondary N) is 2. The summed E-state index contributed by atoms with van der Waals surface area (Å²) in [6.45, 7) is 1.35. The van der Waals surface area contributed by atoms with Gasteiger partial charge >= 0.3 is 11.8 Å². The Bertz CT molecular complexity index is 956.